The fourth-order valence-electron chi connectivity index (χ4n) is 2.25. The lowest BCUT2D eigenvalue weighted by Gasteiger charge is -2.09. The zero-order valence-corrected chi connectivity index (χ0v) is 13.6. The maximum Gasteiger partial charge on any atom is 0.358 e. The minimum Gasteiger partial charge on any atom is -0.492 e. The molecule has 0 unspecified atom stereocenters. The molecule has 126 valence electrons. The van der Waals surface area contributed by atoms with E-state index in [1.165, 1.54) is 30.1 Å². The number of nitriles is 1. The number of aromatic carboxylic acids is 1. The van der Waals surface area contributed by atoms with Crippen LogP contribution in [0, 0.1) is 11.3 Å². The molecule has 0 aliphatic rings. The van der Waals surface area contributed by atoms with Crippen molar-refractivity contribution in [3.8, 4) is 17.5 Å². The monoisotopic (exact) mass is 328 g/mol. The minimum absolute atomic E-state index is 0.152. The van der Waals surface area contributed by atoms with Crippen LogP contribution in [0.4, 0.5) is 0 Å². The second-order valence-corrected chi connectivity index (χ2v) is 5.41. The van der Waals surface area contributed by atoms with Gasteiger partial charge in [-0.2, -0.15) is 5.26 Å². The number of nitrogens with zero attached hydrogens (tertiary/aromatic N) is 4. The van der Waals surface area contributed by atoms with Crippen molar-refractivity contribution in [1.82, 2.24) is 15.0 Å². The van der Waals surface area contributed by atoms with Crippen LogP contribution in [0.3, 0.4) is 0 Å². The summed E-state index contributed by atoms with van der Waals surface area (Å²) in [6.07, 6.45) is 7.00. The van der Waals surface area contributed by atoms with Gasteiger partial charge in [-0.1, -0.05) is 37.8 Å². The molecule has 1 heterocycles. The largest absolute Gasteiger partial charge is 0.492 e. The highest BCUT2D eigenvalue weighted by molar-refractivity contribution is 5.84. The van der Waals surface area contributed by atoms with E-state index in [-0.39, 0.29) is 5.69 Å². The van der Waals surface area contributed by atoms with Gasteiger partial charge in [0.2, 0.25) is 0 Å². The topological polar surface area (TPSA) is 101 Å². The van der Waals surface area contributed by atoms with Crippen LogP contribution < -0.4 is 4.74 Å². The third-order valence-corrected chi connectivity index (χ3v) is 3.57. The molecule has 0 saturated heterocycles. The first kappa shape index (κ1) is 17.5. The molecule has 2 rings (SSSR count). The van der Waals surface area contributed by atoms with Crippen molar-refractivity contribution < 1.29 is 14.6 Å². The van der Waals surface area contributed by atoms with Gasteiger partial charge in [0, 0.05) is 0 Å². The first-order valence-corrected chi connectivity index (χ1v) is 7.98. The smallest absolute Gasteiger partial charge is 0.358 e. The number of aromatic nitrogens is 3. The fourth-order valence-corrected chi connectivity index (χ4v) is 2.25. The molecule has 2 aromatic rings. The van der Waals surface area contributed by atoms with Gasteiger partial charge < -0.3 is 9.84 Å². The molecular weight excluding hydrogens is 308 g/mol. The van der Waals surface area contributed by atoms with Crippen LogP contribution in [0.2, 0.25) is 0 Å². The summed E-state index contributed by atoms with van der Waals surface area (Å²) in [6, 6.07) is 7.11. The van der Waals surface area contributed by atoms with E-state index in [1.54, 1.807) is 18.2 Å². The van der Waals surface area contributed by atoms with Gasteiger partial charge in [-0.05, 0) is 24.6 Å². The summed E-state index contributed by atoms with van der Waals surface area (Å²) in [6.45, 7) is 2.75. The van der Waals surface area contributed by atoms with Gasteiger partial charge in [0.15, 0.2) is 5.69 Å². The molecule has 0 aliphatic carbocycles. The summed E-state index contributed by atoms with van der Waals surface area (Å²) in [5, 5.41) is 25.5. The Kier molecular flexibility index (Phi) is 6.32. The van der Waals surface area contributed by atoms with Gasteiger partial charge in [0.1, 0.15) is 11.8 Å². The summed E-state index contributed by atoms with van der Waals surface area (Å²) < 4.78 is 7.00. The average Bonchev–Trinajstić information content (AvgIpc) is 3.08. The zero-order valence-electron chi connectivity index (χ0n) is 13.6. The minimum atomic E-state index is -1.15. The number of hydrogen-bond acceptors (Lipinski definition) is 5. The number of unbranched alkanes of at least 4 members (excludes halogenated alkanes) is 4. The molecule has 7 nitrogen and oxygen atoms in total. The van der Waals surface area contributed by atoms with Crippen molar-refractivity contribution in [2.45, 2.75) is 39.0 Å². The van der Waals surface area contributed by atoms with Crippen molar-refractivity contribution >= 4 is 5.97 Å². The lowest BCUT2D eigenvalue weighted by molar-refractivity contribution is 0.0690. The van der Waals surface area contributed by atoms with Gasteiger partial charge >= 0.3 is 5.97 Å². The lowest BCUT2D eigenvalue weighted by atomic mass is 10.1. The van der Waals surface area contributed by atoms with Crippen molar-refractivity contribution in [3.63, 3.8) is 0 Å². The molecule has 1 N–H and O–H groups in total. The molecule has 0 aliphatic heterocycles. The van der Waals surface area contributed by atoms with Gasteiger partial charge in [-0.15, -0.1) is 5.10 Å². The Labute approximate surface area is 140 Å². The van der Waals surface area contributed by atoms with Crippen LogP contribution >= 0.6 is 0 Å². The molecule has 1 aromatic heterocycles. The van der Waals surface area contributed by atoms with E-state index < -0.39 is 5.97 Å². The van der Waals surface area contributed by atoms with E-state index in [4.69, 9.17) is 9.84 Å². The van der Waals surface area contributed by atoms with Gasteiger partial charge in [0.25, 0.3) is 0 Å². The second-order valence-electron chi connectivity index (χ2n) is 5.41. The Balaban J connectivity index is 2.02. The highest BCUT2D eigenvalue weighted by Crippen LogP contribution is 2.21. The molecule has 0 bridgehead atoms. The maximum absolute atomic E-state index is 10.8. The molecule has 0 amide bonds. The van der Waals surface area contributed by atoms with Crippen LogP contribution in [-0.2, 0) is 0 Å². The predicted molar refractivity (Wildman–Crippen MR) is 87.3 cm³/mol. The van der Waals surface area contributed by atoms with E-state index in [0.717, 1.165) is 12.8 Å². The normalized spacial score (nSPS) is 10.3. The van der Waals surface area contributed by atoms with E-state index in [9.17, 15) is 10.1 Å². The van der Waals surface area contributed by atoms with E-state index in [1.807, 2.05) is 0 Å². The number of carbonyl (C=O) groups is 1. The number of carboxylic acids is 1. The van der Waals surface area contributed by atoms with Crippen LogP contribution in [0.25, 0.3) is 5.69 Å². The Morgan fingerprint density at radius 1 is 1.33 bits per heavy atom. The molecule has 0 fully saturated rings. The number of carboxylic acid groups (broad SMARTS) is 1. The van der Waals surface area contributed by atoms with Gasteiger partial charge in [-0.3, -0.25) is 0 Å². The third-order valence-electron chi connectivity index (χ3n) is 3.57. The Bertz CT molecular complexity index is 734. The number of benzene rings is 1. The Hall–Kier alpha value is -2.88. The highest BCUT2D eigenvalue weighted by Gasteiger charge is 2.11. The van der Waals surface area contributed by atoms with Crippen LogP contribution in [0.1, 0.15) is 55.1 Å². The third kappa shape index (κ3) is 4.56. The SMILES string of the molecule is CCCCCCCOc1ccc(-n2cc(C(=O)O)nn2)cc1C#N. The summed E-state index contributed by atoms with van der Waals surface area (Å²) in [5.41, 5.74) is 0.788. The predicted octanol–water partition coefficient (Wildman–Crippen LogP) is 3.19. The van der Waals surface area contributed by atoms with Crippen molar-refractivity contribution in [2.24, 2.45) is 0 Å². The van der Waals surface area contributed by atoms with E-state index in [2.05, 4.69) is 23.3 Å². The summed E-state index contributed by atoms with van der Waals surface area (Å²) in [5.74, 6) is -0.625. The molecule has 0 spiro atoms. The first-order valence-electron chi connectivity index (χ1n) is 7.98. The maximum atomic E-state index is 10.8. The molecule has 7 heteroatoms. The zero-order chi connectivity index (χ0) is 17.4. The molecule has 1 aromatic carbocycles. The average molecular weight is 328 g/mol. The van der Waals surface area contributed by atoms with Crippen LogP contribution in [0.5, 0.6) is 5.75 Å². The molecule has 0 saturated carbocycles. The summed E-state index contributed by atoms with van der Waals surface area (Å²) >= 11 is 0. The lowest BCUT2D eigenvalue weighted by Crippen LogP contribution is -2.01. The molecule has 24 heavy (non-hydrogen) atoms. The second kappa shape index (κ2) is 8.67. The number of hydrogen-bond donors (Lipinski definition) is 1. The first-order chi connectivity index (χ1) is 11.7. The Morgan fingerprint density at radius 3 is 2.79 bits per heavy atom. The Morgan fingerprint density at radius 2 is 2.12 bits per heavy atom. The van der Waals surface area contributed by atoms with E-state index in [0.29, 0.717) is 23.6 Å². The van der Waals surface area contributed by atoms with Crippen molar-refractivity contribution in [2.75, 3.05) is 6.61 Å². The van der Waals surface area contributed by atoms with Crippen LogP contribution in [-0.4, -0.2) is 32.7 Å². The molecule has 0 radical (unpaired) electrons. The number of ether oxygens (including phenoxy) is 1. The van der Waals surface area contributed by atoms with Crippen molar-refractivity contribution in [1.29, 1.82) is 5.26 Å². The quantitative estimate of drug-likeness (QED) is 0.709. The van der Waals surface area contributed by atoms with Crippen molar-refractivity contribution in [3.05, 3.63) is 35.7 Å². The highest BCUT2D eigenvalue weighted by atomic mass is 16.5. The fraction of sp³-hybridized carbons (Fsp3) is 0.412. The van der Waals surface area contributed by atoms with Crippen LogP contribution in [0.15, 0.2) is 24.4 Å². The van der Waals surface area contributed by atoms with Gasteiger partial charge in [-0.25, -0.2) is 9.48 Å². The molecular formula is C17H20N4O3. The number of rotatable bonds is 9. The summed E-state index contributed by atoms with van der Waals surface area (Å²) in [4.78, 5) is 10.8. The van der Waals surface area contributed by atoms with Gasteiger partial charge in [0.05, 0.1) is 24.1 Å². The molecule has 0 atom stereocenters. The standard InChI is InChI=1S/C17H20N4O3/c1-2-3-4-5-6-9-24-16-8-7-14(10-13(16)11-18)21-12-15(17(22)23)19-20-21/h7-8,10,12H,2-6,9H2,1H3,(H,22,23). The summed E-state index contributed by atoms with van der Waals surface area (Å²) in [7, 11) is 0. The van der Waals surface area contributed by atoms with E-state index >= 15 is 0 Å².